The fourth-order valence-corrected chi connectivity index (χ4v) is 0.334. The van der Waals surface area contributed by atoms with Crippen molar-refractivity contribution >= 4 is 5.78 Å². The summed E-state index contributed by atoms with van der Waals surface area (Å²) in [5, 5.41) is 16.9. The summed E-state index contributed by atoms with van der Waals surface area (Å²) >= 11 is 0. The van der Waals surface area contributed by atoms with Gasteiger partial charge in [0.15, 0.2) is 5.78 Å². The van der Waals surface area contributed by atoms with E-state index >= 15 is 0 Å². The lowest BCUT2D eigenvalue weighted by Gasteiger charge is -1.90. The van der Waals surface area contributed by atoms with Gasteiger partial charge in [-0.05, 0) is 0 Å². The van der Waals surface area contributed by atoms with Crippen LogP contribution in [0.5, 0.6) is 0 Å². The van der Waals surface area contributed by atoms with E-state index in [4.69, 9.17) is 10.2 Å². The number of hydrogen-bond donors (Lipinski definition) is 2. The summed E-state index contributed by atoms with van der Waals surface area (Å²) in [6, 6.07) is 0. The van der Waals surface area contributed by atoms with Crippen molar-refractivity contribution in [1.82, 2.24) is 0 Å². The molecule has 52 valence electrons. The zero-order valence-electron chi connectivity index (χ0n) is 5.29. The SMILES string of the molecule is CC/C(O)=C/C(=O)CO. The van der Waals surface area contributed by atoms with E-state index in [0.717, 1.165) is 6.08 Å². The predicted octanol–water partition coefficient (Wildman–Crippen LogP) is 0.400. The molecule has 0 atom stereocenters. The fraction of sp³-hybridized carbons (Fsp3) is 0.500. The van der Waals surface area contributed by atoms with Crippen LogP contribution in [0, 0.1) is 0 Å². The van der Waals surface area contributed by atoms with E-state index in [0.29, 0.717) is 6.42 Å². The maximum atomic E-state index is 10.3. The fourth-order valence-electron chi connectivity index (χ4n) is 0.334. The summed E-state index contributed by atoms with van der Waals surface area (Å²) in [5.41, 5.74) is 0. The van der Waals surface area contributed by atoms with Gasteiger partial charge in [-0.1, -0.05) is 6.92 Å². The van der Waals surface area contributed by atoms with Gasteiger partial charge < -0.3 is 10.2 Å². The average Bonchev–Trinajstić information content (AvgIpc) is 1.87. The Balaban J connectivity index is 3.79. The van der Waals surface area contributed by atoms with E-state index in [1.54, 1.807) is 6.92 Å². The van der Waals surface area contributed by atoms with Gasteiger partial charge in [0, 0.05) is 12.5 Å². The van der Waals surface area contributed by atoms with Gasteiger partial charge in [-0.25, -0.2) is 0 Å². The van der Waals surface area contributed by atoms with Crippen molar-refractivity contribution in [3.05, 3.63) is 11.8 Å². The molecule has 0 saturated carbocycles. The molecule has 0 amide bonds. The minimum Gasteiger partial charge on any atom is -0.512 e. The predicted molar refractivity (Wildman–Crippen MR) is 33.1 cm³/mol. The molecule has 0 aliphatic heterocycles. The highest BCUT2D eigenvalue weighted by Gasteiger charge is 1.94. The maximum Gasteiger partial charge on any atom is 0.184 e. The lowest BCUT2D eigenvalue weighted by Crippen LogP contribution is -1.99. The Morgan fingerprint density at radius 2 is 2.22 bits per heavy atom. The van der Waals surface area contributed by atoms with Gasteiger partial charge in [0.25, 0.3) is 0 Å². The van der Waals surface area contributed by atoms with Crippen molar-refractivity contribution in [3.8, 4) is 0 Å². The van der Waals surface area contributed by atoms with Gasteiger partial charge >= 0.3 is 0 Å². The van der Waals surface area contributed by atoms with E-state index in [1.165, 1.54) is 0 Å². The first-order valence-corrected chi connectivity index (χ1v) is 2.74. The van der Waals surface area contributed by atoms with Crippen molar-refractivity contribution in [2.75, 3.05) is 6.61 Å². The van der Waals surface area contributed by atoms with Crippen molar-refractivity contribution in [1.29, 1.82) is 0 Å². The van der Waals surface area contributed by atoms with Crippen LogP contribution in [0.15, 0.2) is 11.8 Å². The summed E-state index contributed by atoms with van der Waals surface area (Å²) in [4.78, 5) is 10.3. The van der Waals surface area contributed by atoms with E-state index in [1.807, 2.05) is 0 Å². The highest BCUT2D eigenvalue weighted by Crippen LogP contribution is 1.92. The molecule has 3 nitrogen and oxygen atoms in total. The standard InChI is InChI=1S/C6H10O3/c1-2-5(8)3-6(9)4-7/h3,7-8H,2,4H2,1H3/b5-3-. The second-order valence-corrected chi connectivity index (χ2v) is 1.61. The van der Waals surface area contributed by atoms with Crippen LogP contribution in [0.2, 0.25) is 0 Å². The summed E-state index contributed by atoms with van der Waals surface area (Å²) in [6.45, 7) is 1.18. The number of carbonyl (C=O) groups excluding carboxylic acids is 1. The molecule has 0 fully saturated rings. The summed E-state index contributed by atoms with van der Waals surface area (Å²) in [6.07, 6.45) is 1.45. The van der Waals surface area contributed by atoms with Crippen LogP contribution < -0.4 is 0 Å². The van der Waals surface area contributed by atoms with Gasteiger partial charge in [0.1, 0.15) is 6.61 Å². The van der Waals surface area contributed by atoms with Gasteiger partial charge in [-0.3, -0.25) is 4.79 Å². The van der Waals surface area contributed by atoms with Crippen LogP contribution in [0.4, 0.5) is 0 Å². The van der Waals surface area contributed by atoms with Crippen LogP contribution in [0.1, 0.15) is 13.3 Å². The molecule has 3 heteroatoms. The number of carbonyl (C=O) groups is 1. The Labute approximate surface area is 53.6 Å². The van der Waals surface area contributed by atoms with Crippen LogP contribution in [0.3, 0.4) is 0 Å². The Bertz CT molecular complexity index is 126. The normalized spacial score (nSPS) is 11.6. The van der Waals surface area contributed by atoms with Crippen LogP contribution in [0.25, 0.3) is 0 Å². The summed E-state index contributed by atoms with van der Waals surface area (Å²) in [5.74, 6) is -0.455. The number of allylic oxidation sites excluding steroid dienone is 1. The largest absolute Gasteiger partial charge is 0.512 e. The summed E-state index contributed by atoms with van der Waals surface area (Å²) in [7, 11) is 0. The van der Waals surface area contributed by atoms with E-state index < -0.39 is 12.4 Å². The van der Waals surface area contributed by atoms with E-state index in [-0.39, 0.29) is 5.76 Å². The molecule has 0 radical (unpaired) electrons. The number of aliphatic hydroxyl groups excluding tert-OH is 2. The Kier molecular flexibility index (Phi) is 3.71. The van der Waals surface area contributed by atoms with Crippen molar-refractivity contribution in [2.24, 2.45) is 0 Å². The topological polar surface area (TPSA) is 57.5 Å². The van der Waals surface area contributed by atoms with Crippen molar-refractivity contribution in [3.63, 3.8) is 0 Å². The van der Waals surface area contributed by atoms with Crippen LogP contribution >= 0.6 is 0 Å². The Morgan fingerprint density at radius 3 is 2.56 bits per heavy atom. The second kappa shape index (κ2) is 4.09. The Hall–Kier alpha value is -0.830. The minimum atomic E-state index is -0.538. The van der Waals surface area contributed by atoms with Gasteiger partial charge in [0.05, 0.1) is 5.76 Å². The highest BCUT2D eigenvalue weighted by atomic mass is 16.3. The van der Waals surface area contributed by atoms with E-state index in [9.17, 15) is 4.79 Å². The molecule has 0 bridgehead atoms. The first kappa shape index (κ1) is 8.17. The monoisotopic (exact) mass is 130 g/mol. The first-order valence-electron chi connectivity index (χ1n) is 2.74. The second-order valence-electron chi connectivity index (χ2n) is 1.61. The molecule has 0 saturated heterocycles. The molecule has 0 aliphatic rings. The quantitative estimate of drug-likeness (QED) is 0.429. The third-order valence-electron chi connectivity index (χ3n) is 0.846. The van der Waals surface area contributed by atoms with Crippen LogP contribution in [-0.2, 0) is 4.79 Å². The molecular weight excluding hydrogens is 120 g/mol. The van der Waals surface area contributed by atoms with Crippen LogP contribution in [-0.4, -0.2) is 22.6 Å². The molecule has 9 heavy (non-hydrogen) atoms. The molecule has 0 spiro atoms. The molecule has 0 aromatic rings. The molecule has 0 aliphatic carbocycles. The highest BCUT2D eigenvalue weighted by molar-refractivity contribution is 5.90. The summed E-state index contributed by atoms with van der Waals surface area (Å²) < 4.78 is 0. The van der Waals surface area contributed by atoms with E-state index in [2.05, 4.69) is 0 Å². The minimum absolute atomic E-state index is 0.00838. The molecule has 0 heterocycles. The number of hydrogen-bond acceptors (Lipinski definition) is 3. The molecular formula is C6H10O3. The zero-order chi connectivity index (χ0) is 7.28. The number of rotatable bonds is 3. The lowest BCUT2D eigenvalue weighted by atomic mass is 10.3. The molecule has 0 aromatic carbocycles. The number of ketones is 1. The third-order valence-corrected chi connectivity index (χ3v) is 0.846. The molecule has 2 N–H and O–H groups in total. The first-order chi connectivity index (χ1) is 4.20. The average molecular weight is 130 g/mol. The lowest BCUT2D eigenvalue weighted by molar-refractivity contribution is -0.117. The number of aliphatic hydroxyl groups is 2. The van der Waals surface area contributed by atoms with Gasteiger partial charge in [0.2, 0.25) is 0 Å². The zero-order valence-corrected chi connectivity index (χ0v) is 5.29. The molecule has 0 unspecified atom stereocenters. The van der Waals surface area contributed by atoms with Gasteiger partial charge in [-0.15, -0.1) is 0 Å². The Morgan fingerprint density at radius 1 is 1.67 bits per heavy atom. The maximum absolute atomic E-state index is 10.3. The van der Waals surface area contributed by atoms with Crippen molar-refractivity contribution in [2.45, 2.75) is 13.3 Å². The third kappa shape index (κ3) is 3.73. The molecule has 0 aromatic heterocycles. The molecule has 0 rings (SSSR count). The van der Waals surface area contributed by atoms with Gasteiger partial charge in [-0.2, -0.15) is 0 Å². The smallest absolute Gasteiger partial charge is 0.184 e. The van der Waals surface area contributed by atoms with Crippen molar-refractivity contribution < 1.29 is 15.0 Å².